The van der Waals surface area contributed by atoms with E-state index < -0.39 is 5.97 Å². The number of amides is 1. The number of nitrogens with one attached hydrogen (secondary N) is 2. The Bertz CT molecular complexity index is 643. The van der Waals surface area contributed by atoms with Crippen LogP contribution >= 0.6 is 0 Å². The molecule has 0 saturated carbocycles. The van der Waals surface area contributed by atoms with Gasteiger partial charge in [-0.3, -0.25) is 9.59 Å². The molecule has 0 fully saturated rings. The Kier molecular flexibility index (Phi) is 3.55. The maximum atomic E-state index is 11.9. The van der Waals surface area contributed by atoms with Gasteiger partial charge in [0.05, 0.1) is 6.42 Å². The number of aromatic amines is 1. The molecule has 1 amide bonds. The predicted octanol–water partition coefficient (Wildman–Crippen LogP) is 1.99. The molecule has 2 rings (SSSR count). The average Bonchev–Trinajstić information content (AvgIpc) is 2.64. The van der Waals surface area contributed by atoms with Crippen LogP contribution in [0.4, 0.5) is 0 Å². The van der Waals surface area contributed by atoms with Crippen LogP contribution in [0.2, 0.25) is 0 Å². The summed E-state index contributed by atoms with van der Waals surface area (Å²) in [5.74, 6) is -1.17. The number of carboxylic acid groups (broad SMARTS) is 1. The standard InChI is InChI=1S/C14H16N2O3/c1-8-9(2)16-12-4-3-10(7-11(8)12)14(19)15-6-5-13(17)18/h3-4,7,16H,5-6H2,1-2H3,(H,15,19)(H,17,18). The summed E-state index contributed by atoms with van der Waals surface area (Å²) in [5, 5.41) is 12.1. The van der Waals surface area contributed by atoms with Crippen LogP contribution in [-0.2, 0) is 4.79 Å². The molecule has 1 heterocycles. The van der Waals surface area contributed by atoms with Gasteiger partial charge in [0.1, 0.15) is 0 Å². The lowest BCUT2D eigenvalue weighted by atomic mass is 10.1. The number of carbonyl (C=O) groups is 2. The van der Waals surface area contributed by atoms with E-state index in [1.807, 2.05) is 26.0 Å². The second-order valence-electron chi connectivity index (χ2n) is 4.54. The van der Waals surface area contributed by atoms with Crippen LogP contribution in [0.15, 0.2) is 18.2 Å². The van der Waals surface area contributed by atoms with Gasteiger partial charge in [-0.05, 0) is 37.6 Å². The first-order valence-corrected chi connectivity index (χ1v) is 6.08. The van der Waals surface area contributed by atoms with Crippen molar-refractivity contribution in [2.45, 2.75) is 20.3 Å². The quantitative estimate of drug-likeness (QED) is 0.786. The summed E-state index contributed by atoms with van der Waals surface area (Å²) in [7, 11) is 0. The molecule has 0 aliphatic carbocycles. The van der Waals surface area contributed by atoms with E-state index in [1.54, 1.807) is 6.07 Å². The number of carboxylic acids is 1. The average molecular weight is 260 g/mol. The highest BCUT2D eigenvalue weighted by Gasteiger charge is 2.10. The molecule has 3 N–H and O–H groups in total. The normalized spacial score (nSPS) is 10.6. The van der Waals surface area contributed by atoms with Crippen molar-refractivity contribution in [3.8, 4) is 0 Å². The maximum Gasteiger partial charge on any atom is 0.305 e. The number of hydrogen-bond acceptors (Lipinski definition) is 2. The SMILES string of the molecule is Cc1[nH]c2ccc(C(=O)NCCC(=O)O)cc2c1C. The van der Waals surface area contributed by atoms with E-state index >= 15 is 0 Å². The molecule has 1 aromatic heterocycles. The third-order valence-electron chi connectivity index (χ3n) is 3.19. The summed E-state index contributed by atoms with van der Waals surface area (Å²) in [6.07, 6.45) is -0.0731. The Morgan fingerprint density at radius 3 is 2.74 bits per heavy atom. The highest BCUT2D eigenvalue weighted by Crippen LogP contribution is 2.22. The van der Waals surface area contributed by atoms with Crippen molar-refractivity contribution >= 4 is 22.8 Å². The third-order valence-corrected chi connectivity index (χ3v) is 3.19. The van der Waals surface area contributed by atoms with Gasteiger partial charge in [0, 0.05) is 28.7 Å². The van der Waals surface area contributed by atoms with Crippen molar-refractivity contribution in [1.29, 1.82) is 0 Å². The first kappa shape index (κ1) is 13.1. The Morgan fingerprint density at radius 2 is 2.05 bits per heavy atom. The van der Waals surface area contributed by atoms with E-state index in [0.717, 1.165) is 22.2 Å². The van der Waals surface area contributed by atoms with Crippen LogP contribution in [-0.4, -0.2) is 28.5 Å². The van der Waals surface area contributed by atoms with Crippen LogP contribution in [0.3, 0.4) is 0 Å². The minimum atomic E-state index is -0.923. The van der Waals surface area contributed by atoms with Crippen LogP contribution in [0.25, 0.3) is 10.9 Å². The van der Waals surface area contributed by atoms with Gasteiger partial charge in [-0.1, -0.05) is 0 Å². The summed E-state index contributed by atoms with van der Waals surface area (Å²) in [6.45, 7) is 4.12. The minimum Gasteiger partial charge on any atom is -0.481 e. The molecule has 0 aliphatic rings. The number of aromatic nitrogens is 1. The lowest BCUT2D eigenvalue weighted by Gasteiger charge is -2.04. The lowest BCUT2D eigenvalue weighted by molar-refractivity contribution is -0.136. The van der Waals surface area contributed by atoms with E-state index in [1.165, 1.54) is 0 Å². The van der Waals surface area contributed by atoms with Crippen LogP contribution in [0, 0.1) is 13.8 Å². The molecule has 0 spiro atoms. The summed E-state index contributed by atoms with van der Waals surface area (Å²) in [5.41, 5.74) is 3.74. The lowest BCUT2D eigenvalue weighted by Crippen LogP contribution is -2.25. The summed E-state index contributed by atoms with van der Waals surface area (Å²) in [6, 6.07) is 5.42. The molecule has 5 heteroatoms. The van der Waals surface area contributed by atoms with Crippen LogP contribution < -0.4 is 5.32 Å². The largest absolute Gasteiger partial charge is 0.481 e. The molecular formula is C14H16N2O3. The Labute approximate surface area is 110 Å². The molecule has 0 bridgehead atoms. The molecular weight excluding hydrogens is 244 g/mol. The first-order valence-electron chi connectivity index (χ1n) is 6.08. The van der Waals surface area contributed by atoms with E-state index in [2.05, 4.69) is 10.3 Å². The zero-order chi connectivity index (χ0) is 14.0. The molecule has 100 valence electrons. The highest BCUT2D eigenvalue weighted by atomic mass is 16.4. The summed E-state index contributed by atoms with van der Waals surface area (Å²) < 4.78 is 0. The molecule has 0 radical (unpaired) electrons. The molecule has 1 aromatic carbocycles. The second-order valence-corrected chi connectivity index (χ2v) is 4.54. The van der Waals surface area contributed by atoms with Gasteiger partial charge in [0.15, 0.2) is 0 Å². The van der Waals surface area contributed by atoms with E-state index in [-0.39, 0.29) is 18.9 Å². The maximum absolute atomic E-state index is 11.9. The summed E-state index contributed by atoms with van der Waals surface area (Å²) >= 11 is 0. The van der Waals surface area contributed by atoms with Gasteiger partial charge < -0.3 is 15.4 Å². The second kappa shape index (κ2) is 5.14. The number of rotatable bonds is 4. The number of aryl methyl sites for hydroxylation is 2. The Balaban J connectivity index is 2.18. The molecule has 0 saturated heterocycles. The van der Waals surface area contributed by atoms with Crippen molar-refractivity contribution in [3.05, 3.63) is 35.0 Å². The number of aliphatic carboxylic acids is 1. The Hall–Kier alpha value is -2.30. The number of carbonyl (C=O) groups excluding carboxylic acids is 1. The zero-order valence-corrected chi connectivity index (χ0v) is 10.9. The first-order chi connectivity index (χ1) is 8.99. The van der Waals surface area contributed by atoms with Crippen molar-refractivity contribution in [2.24, 2.45) is 0 Å². The highest BCUT2D eigenvalue weighted by molar-refractivity contribution is 5.99. The van der Waals surface area contributed by atoms with Crippen molar-refractivity contribution in [1.82, 2.24) is 10.3 Å². The van der Waals surface area contributed by atoms with Gasteiger partial charge in [-0.2, -0.15) is 0 Å². The van der Waals surface area contributed by atoms with Gasteiger partial charge in [-0.25, -0.2) is 0 Å². The molecule has 19 heavy (non-hydrogen) atoms. The molecule has 0 aliphatic heterocycles. The van der Waals surface area contributed by atoms with Crippen molar-refractivity contribution in [3.63, 3.8) is 0 Å². The molecule has 2 aromatic rings. The fourth-order valence-electron chi connectivity index (χ4n) is 1.99. The topological polar surface area (TPSA) is 82.2 Å². The van der Waals surface area contributed by atoms with Gasteiger partial charge in [0.25, 0.3) is 5.91 Å². The van der Waals surface area contributed by atoms with Crippen molar-refractivity contribution < 1.29 is 14.7 Å². The van der Waals surface area contributed by atoms with E-state index in [4.69, 9.17) is 5.11 Å². The number of fused-ring (bicyclic) bond motifs is 1. The van der Waals surface area contributed by atoms with Crippen LogP contribution in [0.1, 0.15) is 28.0 Å². The zero-order valence-electron chi connectivity index (χ0n) is 10.9. The number of benzene rings is 1. The van der Waals surface area contributed by atoms with E-state index in [9.17, 15) is 9.59 Å². The molecule has 5 nitrogen and oxygen atoms in total. The fraction of sp³-hybridized carbons (Fsp3) is 0.286. The van der Waals surface area contributed by atoms with Crippen molar-refractivity contribution in [2.75, 3.05) is 6.54 Å². The monoisotopic (exact) mass is 260 g/mol. The summed E-state index contributed by atoms with van der Waals surface area (Å²) in [4.78, 5) is 25.5. The van der Waals surface area contributed by atoms with Gasteiger partial charge in [0.2, 0.25) is 0 Å². The van der Waals surface area contributed by atoms with Gasteiger partial charge in [-0.15, -0.1) is 0 Å². The Morgan fingerprint density at radius 1 is 1.32 bits per heavy atom. The molecule has 0 unspecified atom stereocenters. The van der Waals surface area contributed by atoms with Crippen LogP contribution in [0.5, 0.6) is 0 Å². The number of hydrogen-bond donors (Lipinski definition) is 3. The third kappa shape index (κ3) is 2.76. The fourth-order valence-corrected chi connectivity index (χ4v) is 1.99. The number of H-pyrrole nitrogens is 1. The van der Waals surface area contributed by atoms with Gasteiger partial charge >= 0.3 is 5.97 Å². The molecule has 0 atom stereocenters. The minimum absolute atomic E-state index is 0.0731. The smallest absolute Gasteiger partial charge is 0.305 e. The van der Waals surface area contributed by atoms with E-state index in [0.29, 0.717) is 5.56 Å². The predicted molar refractivity (Wildman–Crippen MR) is 72.4 cm³/mol.